The average molecular weight is 185 g/mol. The highest BCUT2D eigenvalue weighted by atomic mass is 15.4. The minimum absolute atomic E-state index is 1.28. The van der Waals surface area contributed by atoms with Crippen molar-refractivity contribution in [1.29, 1.82) is 0 Å². The Labute approximate surface area is 83.1 Å². The van der Waals surface area contributed by atoms with E-state index in [9.17, 15) is 0 Å². The molecule has 0 N–H and O–H groups in total. The van der Waals surface area contributed by atoms with Gasteiger partial charge in [0, 0.05) is 13.1 Å². The predicted molar refractivity (Wildman–Crippen MR) is 57.8 cm³/mol. The number of quaternary nitrogens is 1. The molecule has 0 aliphatic carbocycles. The Morgan fingerprint density at radius 2 is 1.77 bits per heavy atom. The van der Waals surface area contributed by atoms with Gasteiger partial charge in [0.05, 0.1) is 26.7 Å². The van der Waals surface area contributed by atoms with E-state index in [2.05, 4.69) is 25.8 Å². The monoisotopic (exact) mass is 185 g/mol. The van der Waals surface area contributed by atoms with E-state index >= 15 is 0 Å². The summed E-state index contributed by atoms with van der Waals surface area (Å²) in [5.41, 5.74) is 0. The Morgan fingerprint density at radius 3 is 2.23 bits per heavy atom. The number of unbranched alkanes of at least 4 members (excludes halogenated alkanes) is 1. The van der Waals surface area contributed by atoms with Crippen LogP contribution in [0.15, 0.2) is 0 Å². The quantitative estimate of drug-likeness (QED) is 0.601. The highest BCUT2D eigenvalue weighted by molar-refractivity contribution is 4.62. The summed E-state index contributed by atoms with van der Waals surface area (Å²) < 4.78 is 1.28. The molecule has 1 saturated heterocycles. The lowest BCUT2D eigenvalue weighted by atomic mass is 10.2. The van der Waals surface area contributed by atoms with Crippen molar-refractivity contribution in [1.82, 2.24) is 4.90 Å². The summed E-state index contributed by atoms with van der Waals surface area (Å²) in [5, 5.41) is 0. The Morgan fingerprint density at radius 1 is 1.15 bits per heavy atom. The fraction of sp³-hybridized carbons (Fsp3) is 1.00. The zero-order valence-electron chi connectivity index (χ0n) is 9.55. The molecule has 0 atom stereocenters. The van der Waals surface area contributed by atoms with Gasteiger partial charge in [-0.15, -0.1) is 0 Å². The average Bonchev–Trinajstić information content (AvgIpc) is 2.17. The first-order valence-corrected chi connectivity index (χ1v) is 5.76. The van der Waals surface area contributed by atoms with E-state index in [0.717, 1.165) is 0 Å². The lowest BCUT2D eigenvalue weighted by Gasteiger charge is -2.41. The SMILES string of the molecule is CCCCN1CC[N+](C)(CC)CC1. The van der Waals surface area contributed by atoms with Gasteiger partial charge in [0.1, 0.15) is 0 Å². The van der Waals surface area contributed by atoms with Crippen molar-refractivity contribution >= 4 is 0 Å². The molecule has 0 aromatic rings. The van der Waals surface area contributed by atoms with Crippen molar-refractivity contribution in [2.45, 2.75) is 26.7 Å². The van der Waals surface area contributed by atoms with Crippen LogP contribution in [0.25, 0.3) is 0 Å². The topological polar surface area (TPSA) is 3.24 Å². The predicted octanol–water partition coefficient (Wildman–Crippen LogP) is 1.57. The number of hydrogen-bond donors (Lipinski definition) is 0. The molecule has 0 aromatic heterocycles. The summed E-state index contributed by atoms with van der Waals surface area (Å²) in [6.07, 6.45) is 2.70. The second-order valence-corrected chi connectivity index (χ2v) is 4.58. The van der Waals surface area contributed by atoms with Crippen LogP contribution in [0.3, 0.4) is 0 Å². The minimum Gasteiger partial charge on any atom is -0.324 e. The van der Waals surface area contributed by atoms with Crippen LogP contribution in [-0.4, -0.2) is 55.7 Å². The van der Waals surface area contributed by atoms with Crippen molar-refractivity contribution in [2.75, 3.05) is 46.3 Å². The highest BCUT2D eigenvalue weighted by Crippen LogP contribution is 2.09. The molecule has 13 heavy (non-hydrogen) atoms. The standard InChI is InChI=1S/C11H25N2/c1-4-6-7-12-8-10-13(3,5-2)11-9-12/h4-11H2,1-3H3/q+1. The van der Waals surface area contributed by atoms with Crippen LogP contribution in [-0.2, 0) is 0 Å². The maximum absolute atomic E-state index is 2.62. The molecule has 2 nitrogen and oxygen atoms in total. The Kier molecular flexibility index (Phi) is 4.20. The Hall–Kier alpha value is -0.0800. The van der Waals surface area contributed by atoms with Crippen molar-refractivity contribution < 1.29 is 4.48 Å². The van der Waals surface area contributed by atoms with E-state index in [-0.39, 0.29) is 0 Å². The summed E-state index contributed by atoms with van der Waals surface area (Å²) >= 11 is 0. The summed E-state index contributed by atoms with van der Waals surface area (Å²) in [5.74, 6) is 0. The normalized spacial score (nSPS) is 23.3. The number of nitrogens with zero attached hydrogens (tertiary/aromatic N) is 2. The van der Waals surface area contributed by atoms with E-state index in [1.54, 1.807) is 0 Å². The maximum atomic E-state index is 2.62. The summed E-state index contributed by atoms with van der Waals surface area (Å²) in [6, 6.07) is 0. The largest absolute Gasteiger partial charge is 0.324 e. The summed E-state index contributed by atoms with van der Waals surface area (Å²) in [6.45, 7) is 12.5. The smallest absolute Gasteiger partial charge is 0.0914 e. The molecule has 0 saturated carbocycles. The lowest BCUT2D eigenvalue weighted by Crippen LogP contribution is -2.57. The Bertz CT molecular complexity index is 137. The van der Waals surface area contributed by atoms with Crippen LogP contribution < -0.4 is 0 Å². The van der Waals surface area contributed by atoms with Crippen LogP contribution in [0.2, 0.25) is 0 Å². The van der Waals surface area contributed by atoms with Gasteiger partial charge in [-0.25, -0.2) is 0 Å². The molecule has 1 fully saturated rings. The molecule has 78 valence electrons. The van der Waals surface area contributed by atoms with E-state index in [1.165, 1.54) is 56.6 Å². The Balaban J connectivity index is 2.22. The van der Waals surface area contributed by atoms with Gasteiger partial charge in [-0.1, -0.05) is 13.3 Å². The third kappa shape index (κ3) is 3.28. The molecule has 0 amide bonds. The van der Waals surface area contributed by atoms with Crippen LogP contribution >= 0.6 is 0 Å². The second-order valence-electron chi connectivity index (χ2n) is 4.58. The van der Waals surface area contributed by atoms with Gasteiger partial charge in [0.15, 0.2) is 0 Å². The molecule has 0 unspecified atom stereocenters. The van der Waals surface area contributed by atoms with Crippen LogP contribution in [0.4, 0.5) is 0 Å². The van der Waals surface area contributed by atoms with Gasteiger partial charge in [-0.3, -0.25) is 4.90 Å². The van der Waals surface area contributed by atoms with Crippen molar-refractivity contribution in [3.05, 3.63) is 0 Å². The molecular formula is C11H25N2+. The van der Waals surface area contributed by atoms with Crippen LogP contribution in [0, 0.1) is 0 Å². The minimum atomic E-state index is 1.28. The second kappa shape index (κ2) is 4.97. The highest BCUT2D eigenvalue weighted by Gasteiger charge is 2.25. The molecule has 0 bridgehead atoms. The van der Waals surface area contributed by atoms with Crippen molar-refractivity contribution in [3.63, 3.8) is 0 Å². The zero-order valence-corrected chi connectivity index (χ0v) is 9.55. The van der Waals surface area contributed by atoms with Crippen molar-refractivity contribution in [3.8, 4) is 0 Å². The fourth-order valence-electron chi connectivity index (χ4n) is 1.91. The molecule has 2 heteroatoms. The number of likely N-dealkylation sites (N-methyl/N-ethyl adjacent to an activating group) is 1. The van der Waals surface area contributed by atoms with Gasteiger partial charge in [-0.05, 0) is 19.9 Å². The van der Waals surface area contributed by atoms with Crippen molar-refractivity contribution in [2.24, 2.45) is 0 Å². The summed E-state index contributed by atoms with van der Waals surface area (Å²) in [7, 11) is 2.39. The molecule has 1 aliphatic heterocycles. The molecule has 1 heterocycles. The van der Waals surface area contributed by atoms with E-state index in [1.807, 2.05) is 0 Å². The molecule has 0 aromatic carbocycles. The van der Waals surface area contributed by atoms with Crippen LogP contribution in [0.5, 0.6) is 0 Å². The van der Waals surface area contributed by atoms with E-state index in [4.69, 9.17) is 0 Å². The summed E-state index contributed by atoms with van der Waals surface area (Å²) in [4.78, 5) is 2.62. The van der Waals surface area contributed by atoms with Gasteiger partial charge < -0.3 is 4.48 Å². The van der Waals surface area contributed by atoms with Gasteiger partial charge in [-0.2, -0.15) is 0 Å². The van der Waals surface area contributed by atoms with E-state index in [0.29, 0.717) is 0 Å². The van der Waals surface area contributed by atoms with Gasteiger partial charge in [0.25, 0.3) is 0 Å². The molecule has 1 aliphatic rings. The van der Waals surface area contributed by atoms with Gasteiger partial charge in [0.2, 0.25) is 0 Å². The molecule has 0 spiro atoms. The number of piperazine rings is 1. The molecule has 0 radical (unpaired) electrons. The van der Waals surface area contributed by atoms with Crippen LogP contribution in [0.1, 0.15) is 26.7 Å². The number of hydrogen-bond acceptors (Lipinski definition) is 1. The number of rotatable bonds is 4. The first-order chi connectivity index (χ1) is 6.20. The lowest BCUT2D eigenvalue weighted by molar-refractivity contribution is -0.911. The van der Waals surface area contributed by atoms with Gasteiger partial charge >= 0.3 is 0 Å². The third-order valence-corrected chi connectivity index (χ3v) is 3.50. The molecule has 1 rings (SSSR count). The third-order valence-electron chi connectivity index (χ3n) is 3.50. The maximum Gasteiger partial charge on any atom is 0.0914 e. The first kappa shape index (κ1) is 11.0. The fourth-order valence-corrected chi connectivity index (χ4v) is 1.91. The van der Waals surface area contributed by atoms with E-state index < -0.39 is 0 Å². The zero-order chi connectivity index (χ0) is 9.73. The first-order valence-electron chi connectivity index (χ1n) is 5.76. The molecular weight excluding hydrogens is 160 g/mol.